The van der Waals surface area contributed by atoms with Gasteiger partial charge in [-0.1, -0.05) is 42.4 Å². The van der Waals surface area contributed by atoms with Crippen LogP contribution in [0.3, 0.4) is 0 Å². The molecule has 1 aliphatic rings. The minimum absolute atomic E-state index is 0.0945. The Morgan fingerprint density at radius 2 is 1.97 bits per heavy atom. The van der Waals surface area contributed by atoms with Crippen LogP contribution in [0.2, 0.25) is 5.02 Å². The van der Waals surface area contributed by atoms with Gasteiger partial charge in [0.25, 0.3) is 5.91 Å². The van der Waals surface area contributed by atoms with Crippen LogP contribution in [0.25, 0.3) is 0 Å². The van der Waals surface area contributed by atoms with E-state index in [0.29, 0.717) is 47.4 Å². The monoisotopic (exact) mass is 463 g/mol. The first-order valence-electron chi connectivity index (χ1n) is 10.9. The maximum Gasteiger partial charge on any atom is 0.251 e. The summed E-state index contributed by atoms with van der Waals surface area (Å²) < 4.78 is 11.7. The van der Waals surface area contributed by atoms with Gasteiger partial charge in [0.1, 0.15) is 17.2 Å². The van der Waals surface area contributed by atoms with Gasteiger partial charge in [-0.3, -0.25) is 4.79 Å². The molecule has 1 unspecified atom stereocenters. The van der Waals surface area contributed by atoms with E-state index in [2.05, 4.69) is 31.0 Å². The van der Waals surface area contributed by atoms with Gasteiger partial charge in [0.2, 0.25) is 0 Å². The Bertz CT molecular complexity index is 1170. The highest BCUT2D eigenvalue weighted by Gasteiger charge is 2.26. The average molecular weight is 464 g/mol. The van der Waals surface area contributed by atoms with Gasteiger partial charge in [-0.05, 0) is 61.2 Å². The lowest BCUT2D eigenvalue weighted by Crippen LogP contribution is -2.25. The van der Waals surface area contributed by atoms with Gasteiger partial charge in [0, 0.05) is 29.7 Å². The third-order valence-corrected chi connectivity index (χ3v) is 6.09. The summed E-state index contributed by atoms with van der Waals surface area (Å²) in [5.74, 6) is 1.36. The first-order valence-corrected chi connectivity index (χ1v) is 11.2. The molecule has 0 saturated heterocycles. The highest BCUT2D eigenvalue weighted by atomic mass is 35.5. The van der Waals surface area contributed by atoms with E-state index in [1.165, 1.54) is 11.1 Å². The molecule has 0 radical (unpaired) electrons. The molecule has 0 bridgehead atoms. The van der Waals surface area contributed by atoms with Crippen molar-refractivity contribution >= 4 is 17.5 Å². The number of nitrogens with one attached hydrogen (secondary N) is 1. The van der Waals surface area contributed by atoms with Crippen LogP contribution < -0.4 is 14.8 Å². The van der Waals surface area contributed by atoms with Crippen molar-refractivity contribution in [3.63, 3.8) is 0 Å². The molecule has 5 nitrogen and oxygen atoms in total. The largest absolute Gasteiger partial charge is 0.512 e. The number of fused-ring (bicyclic) bond motifs is 1. The van der Waals surface area contributed by atoms with Crippen molar-refractivity contribution < 1.29 is 19.4 Å². The van der Waals surface area contributed by atoms with Crippen LogP contribution in [-0.2, 0) is 6.42 Å². The molecule has 1 heterocycles. The smallest absolute Gasteiger partial charge is 0.251 e. The molecule has 0 saturated carbocycles. The molecule has 3 aromatic rings. The van der Waals surface area contributed by atoms with Gasteiger partial charge in [0.15, 0.2) is 0 Å². The highest BCUT2D eigenvalue weighted by Crippen LogP contribution is 2.43. The molecule has 0 spiro atoms. The zero-order valence-electron chi connectivity index (χ0n) is 18.4. The maximum atomic E-state index is 12.5. The predicted molar refractivity (Wildman–Crippen MR) is 130 cm³/mol. The summed E-state index contributed by atoms with van der Waals surface area (Å²) in [6, 6.07) is 18.5. The number of rotatable bonds is 7. The van der Waals surface area contributed by atoms with Gasteiger partial charge in [-0.25, -0.2) is 0 Å². The van der Waals surface area contributed by atoms with E-state index in [9.17, 15) is 9.90 Å². The summed E-state index contributed by atoms with van der Waals surface area (Å²) in [5, 5.41) is 13.2. The van der Waals surface area contributed by atoms with Crippen LogP contribution in [-0.4, -0.2) is 24.2 Å². The molecule has 1 aliphatic heterocycles. The van der Waals surface area contributed by atoms with E-state index in [0.717, 1.165) is 12.0 Å². The van der Waals surface area contributed by atoms with Crippen LogP contribution in [0.4, 0.5) is 0 Å². The van der Waals surface area contributed by atoms with Crippen molar-refractivity contribution in [1.29, 1.82) is 0 Å². The number of hydrogen-bond acceptors (Lipinski definition) is 4. The number of aliphatic hydroxyl groups excluding tert-OH is 1. The number of halogens is 1. The van der Waals surface area contributed by atoms with Crippen molar-refractivity contribution in [2.24, 2.45) is 0 Å². The van der Waals surface area contributed by atoms with Gasteiger partial charge >= 0.3 is 0 Å². The third kappa shape index (κ3) is 5.32. The van der Waals surface area contributed by atoms with Gasteiger partial charge < -0.3 is 19.9 Å². The fraction of sp³-hybridized carbons (Fsp3) is 0.222. The number of allylic oxidation sites excluding steroid dienone is 1. The second-order valence-electron chi connectivity index (χ2n) is 8.06. The quantitative estimate of drug-likeness (QED) is 0.400. The van der Waals surface area contributed by atoms with E-state index in [4.69, 9.17) is 21.1 Å². The molecule has 33 heavy (non-hydrogen) atoms. The second kappa shape index (κ2) is 10.0. The normalized spacial score (nSPS) is 14.7. The second-order valence-corrected chi connectivity index (χ2v) is 8.47. The molecule has 0 aliphatic carbocycles. The van der Waals surface area contributed by atoms with Crippen molar-refractivity contribution in [3.05, 3.63) is 100 Å². The Labute approximate surface area is 198 Å². The standard InChI is InChI=1S/C27H26ClNO4/c1-17-5-3-4-6-19(17)11-13-29-27(31)20-7-9-21(10-8-20)33-26-16-25-23(15-24(26)28)22(18(2)30)12-14-32-25/h3-10,15-16,22,30H,2,11-14H2,1H3,(H,29,31). The van der Waals surface area contributed by atoms with Crippen LogP contribution in [0.1, 0.15) is 39.4 Å². The summed E-state index contributed by atoms with van der Waals surface area (Å²) in [6.45, 7) is 6.76. The molecular formula is C27H26ClNO4. The average Bonchev–Trinajstić information content (AvgIpc) is 2.80. The summed E-state index contributed by atoms with van der Waals surface area (Å²) >= 11 is 6.43. The molecule has 0 fully saturated rings. The number of hydrogen-bond donors (Lipinski definition) is 2. The molecule has 1 amide bonds. The number of carbonyl (C=O) groups is 1. The Hall–Kier alpha value is -3.44. The minimum atomic E-state index is -0.205. The van der Waals surface area contributed by atoms with Crippen LogP contribution in [0.15, 0.2) is 73.0 Å². The SMILES string of the molecule is C=C(O)C1CCOc2cc(Oc3ccc(C(=O)NCCc4ccccc4C)cc3)c(Cl)cc21. The summed E-state index contributed by atoms with van der Waals surface area (Å²) in [5.41, 5.74) is 3.79. The van der Waals surface area contributed by atoms with Crippen molar-refractivity contribution in [2.45, 2.75) is 25.7 Å². The molecule has 2 N–H and O–H groups in total. The van der Waals surface area contributed by atoms with Crippen LogP contribution in [0.5, 0.6) is 17.2 Å². The lowest BCUT2D eigenvalue weighted by molar-refractivity contribution is 0.0954. The molecule has 1 atom stereocenters. The molecule has 0 aromatic heterocycles. The fourth-order valence-electron chi connectivity index (χ4n) is 3.92. The molecule has 3 aromatic carbocycles. The summed E-state index contributed by atoms with van der Waals surface area (Å²) in [6.07, 6.45) is 1.43. The summed E-state index contributed by atoms with van der Waals surface area (Å²) in [7, 11) is 0. The van der Waals surface area contributed by atoms with Crippen molar-refractivity contribution in [3.8, 4) is 17.2 Å². The third-order valence-electron chi connectivity index (χ3n) is 5.79. The minimum Gasteiger partial charge on any atom is -0.512 e. The lowest BCUT2D eigenvalue weighted by Gasteiger charge is -2.26. The maximum absolute atomic E-state index is 12.5. The number of aliphatic hydroxyl groups is 1. The lowest BCUT2D eigenvalue weighted by atomic mass is 9.92. The van der Waals surface area contributed by atoms with E-state index < -0.39 is 0 Å². The number of aryl methyl sites for hydroxylation is 1. The first kappa shape index (κ1) is 22.7. The number of ether oxygens (including phenoxy) is 2. The number of benzene rings is 3. The van der Waals surface area contributed by atoms with Crippen LogP contribution in [0, 0.1) is 6.92 Å². The molecule has 170 valence electrons. The molecule has 6 heteroatoms. The van der Waals surface area contributed by atoms with E-state index >= 15 is 0 Å². The molecule has 4 rings (SSSR count). The fourth-order valence-corrected chi connectivity index (χ4v) is 4.13. The Morgan fingerprint density at radius 3 is 2.70 bits per heavy atom. The van der Waals surface area contributed by atoms with Gasteiger partial charge in [-0.2, -0.15) is 0 Å². The topological polar surface area (TPSA) is 67.8 Å². The van der Waals surface area contributed by atoms with Gasteiger partial charge in [-0.15, -0.1) is 0 Å². The Morgan fingerprint density at radius 1 is 1.21 bits per heavy atom. The number of amides is 1. The summed E-state index contributed by atoms with van der Waals surface area (Å²) in [4.78, 5) is 12.5. The Balaban J connectivity index is 1.39. The van der Waals surface area contributed by atoms with E-state index in [-0.39, 0.29) is 17.6 Å². The van der Waals surface area contributed by atoms with Crippen LogP contribution >= 0.6 is 11.6 Å². The Kier molecular flexibility index (Phi) is 6.90. The molecular weight excluding hydrogens is 438 g/mol. The van der Waals surface area contributed by atoms with Crippen molar-refractivity contribution in [2.75, 3.05) is 13.2 Å². The predicted octanol–water partition coefficient (Wildman–Crippen LogP) is 6.35. The highest BCUT2D eigenvalue weighted by molar-refractivity contribution is 6.32. The number of carbonyl (C=O) groups excluding carboxylic acids is 1. The zero-order chi connectivity index (χ0) is 23.4. The first-order chi connectivity index (χ1) is 15.9. The zero-order valence-corrected chi connectivity index (χ0v) is 19.2. The van der Waals surface area contributed by atoms with Gasteiger partial charge in [0.05, 0.1) is 17.4 Å². The van der Waals surface area contributed by atoms with E-state index in [1.54, 1.807) is 36.4 Å². The van der Waals surface area contributed by atoms with Crippen molar-refractivity contribution in [1.82, 2.24) is 5.32 Å². The van der Waals surface area contributed by atoms with E-state index in [1.807, 2.05) is 12.1 Å².